The zero-order valence-corrected chi connectivity index (χ0v) is 14.2. The number of benzene rings is 2. The molecule has 0 fully saturated rings. The molecular weight excluding hydrogens is 321 g/mol. The molecule has 3 rings (SSSR count). The van der Waals surface area contributed by atoms with Gasteiger partial charge in [0.25, 0.3) is 0 Å². The van der Waals surface area contributed by atoms with Crippen molar-refractivity contribution in [2.75, 3.05) is 23.8 Å². The maximum atomic E-state index is 13.0. The van der Waals surface area contributed by atoms with Crippen molar-refractivity contribution < 1.29 is 14.0 Å². The topological polar surface area (TPSA) is 52.7 Å². The standard InChI is InChI=1S/C19H20FN3O2/c1-13(22(2)11-14-7-9-15(20)10-8-14)19(25)23-12-18(24)21-16-5-3-4-6-17(16)23/h3-10,13H,11-12H2,1-2H3,(H,21,24). The van der Waals surface area contributed by atoms with Gasteiger partial charge < -0.3 is 5.32 Å². The van der Waals surface area contributed by atoms with E-state index in [-0.39, 0.29) is 24.2 Å². The number of para-hydroxylation sites is 2. The zero-order chi connectivity index (χ0) is 18.0. The van der Waals surface area contributed by atoms with Gasteiger partial charge in [0.05, 0.1) is 17.4 Å². The monoisotopic (exact) mass is 341 g/mol. The van der Waals surface area contributed by atoms with Gasteiger partial charge in [-0.2, -0.15) is 0 Å². The van der Waals surface area contributed by atoms with Crippen molar-refractivity contribution in [3.05, 3.63) is 59.9 Å². The molecule has 1 atom stereocenters. The zero-order valence-electron chi connectivity index (χ0n) is 14.2. The summed E-state index contributed by atoms with van der Waals surface area (Å²) in [5.41, 5.74) is 2.26. The third kappa shape index (κ3) is 3.69. The van der Waals surface area contributed by atoms with Crippen molar-refractivity contribution in [2.24, 2.45) is 0 Å². The first-order chi connectivity index (χ1) is 12.0. The molecule has 0 aromatic heterocycles. The molecule has 2 amide bonds. The van der Waals surface area contributed by atoms with Crippen molar-refractivity contribution in [1.29, 1.82) is 0 Å². The van der Waals surface area contributed by atoms with Gasteiger partial charge in [-0.1, -0.05) is 24.3 Å². The number of hydrogen-bond acceptors (Lipinski definition) is 3. The highest BCUT2D eigenvalue weighted by Gasteiger charge is 2.31. The van der Waals surface area contributed by atoms with Gasteiger partial charge in [0.15, 0.2) is 0 Å². The average molecular weight is 341 g/mol. The number of nitrogens with one attached hydrogen (secondary N) is 1. The molecule has 0 radical (unpaired) electrons. The van der Waals surface area contributed by atoms with Crippen LogP contribution in [0.1, 0.15) is 12.5 Å². The first kappa shape index (κ1) is 17.1. The number of rotatable bonds is 4. The van der Waals surface area contributed by atoms with Crippen LogP contribution in [0.4, 0.5) is 15.8 Å². The van der Waals surface area contributed by atoms with Gasteiger partial charge in [0.2, 0.25) is 11.8 Å². The number of fused-ring (bicyclic) bond motifs is 1. The van der Waals surface area contributed by atoms with Gasteiger partial charge in [0.1, 0.15) is 12.4 Å². The molecule has 2 aromatic carbocycles. The van der Waals surface area contributed by atoms with E-state index in [0.29, 0.717) is 17.9 Å². The first-order valence-electron chi connectivity index (χ1n) is 8.10. The van der Waals surface area contributed by atoms with Crippen LogP contribution in [-0.2, 0) is 16.1 Å². The predicted molar refractivity (Wildman–Crippen MR) is 94.8 cm³/mol. The van der Waals surface area contributed by atoms with Crippen LogP contribution >= 0.6 is 0 Å². The SMILES string of the molecule is CC(C(=O)N1CC(=O)Nc2ccccc21)N(C)Cc1ccc(F)cc1. The summed E-state index contributed by atoms with van der Waals surface area (Å²) in [5.74, 6) is -0.640. The summed E-state index contributed by atoms with van der Waals surface area (Å²) >= 11 is 0. The average Bonchev–Trinajstić information content (AvgIpc) is 2.61. The third-order valence-electron chi connectivity index (χ3n) is 4.40. The van der Waals surface area contributed by atoms with E-state index in [9.17, 15) is 14.0 Å². The number of anilines is 2. The minimum atomic E-state index is -0.427. The second-order valence-electron chi connectivity index (χ2n) is 6.21. The van der Waals surface area contributed by atoms with Crippen LogP contribution in [0.25, 0.3) is 0 Å². The van der Waals surface area contributed by atoms with Gasteiger partial charge in [-0.3, -0.25) is 19.4 Å². The summed E-state index contributed by atoms with van der Waals surface area (Å²) in [7, 11) is 1.84. The molecule has 0 spiro atoms. The lowest BCUT2D eigenvalue weighted by atomic mass is 10.1. The predicted octanol–water partition coefficient (Wildman–Crippen LogP) is 2.63. The van der Waals surface area contributed by atoms with E-state index in [0.717, 1.165) is 5.56 Å². The Hall–Kier alpha value is -2.73. The number of likely N-dealkylation sites (N-methyl/N-ethyl adjacent to an activating group) is 1. The highest BCUT2D eigenvalue weighted by molar-refractivity contribution is 6.11. The Morgan fingerprint density at radius 1 is 1.24 bits per heavy atom. The van der Waals surface area contributed by atoms with E-state index in [1.54, 1.807) is 25.1 Å². The largest absolute Gasteiger partial charge is 0.323 e. The summed E-state index contributed by atoms with van der Waals surface area (Å²) < 4.78 is 13.0. The van der Waals surface area contributed by atoms with Crippen LogP contribution in [0, 0.1) is 5.82 Å². The molecule has 25 heavy (non-hydrogen) atoms. The Labute approximate surface area is 146 Å². The first-order valence-corrected chi connectivity index (χ1v) is 8.10. The Morgan fingerprint density at radius 2 is 1.92 bits per heavy atom. The Bertz CT molecular complexity index is 792. The second-order valence-corrected chi connectivity index (χ2v) is 6.21. The minimum Gasteiger partial charge on any atom is -0.323 e. The number of amides is 2. The molecule has 2 aromatic rings. The fourth-order valence-corrected chi connectivity index (χ4v) is 2.86. The summed E-state index contributed by atoms with van der Waals surface area (Å²) in [6, 6.07) is 13.0. The molecule has 130 valence electrons. The lowest BCUT2D eigenvalue weighted by Crippen LogP contribution is -2.50. The lowest BCUT2D eigenvalue weighted by molar-refractivity contribution is -0.125. The van der Waals surface area contributed by atoms with E-state index in [1.807, 2.05) is 30.1 Å². The van der Waals surface area contributed by atoms with Gasteiger partial charge in [-0.25, -0.2) is 4.39 Å². The second kappa shape index (κ2) is 7.03. The van der Waals surface area contributed by atoms with Crippen LogP contribution in [0.2, 0.25) is 0 Å². The van der Waals surface area contributed by atoms with E-state index in [1.165, 1.54) is 17.0 Å². The molecule has 0 saturated heterocycles. The van der Waals surface area contributed by atoms with E-state index in [4.69, 9.17) is 0 Å². The lowest BCUT2D eigenvalue weighted by Gasteiger charge is -2.33. The van der Waals surface area contributed by atoms with Gasteiger partial charge in [0, 0.05) is 6.54 Å². The molecule has 1 aliphatic heterocycles. The fraction of sp³-hybridized carbons (Fsp3) is 0.263. The van der Waals surface area contributed by atoms with Crippen LogP contribution in [-0.4, -0.2) is 36.3 Å². The van der Waals surface area contributed by atoms with Crippen LogP contribution < -0.4 is 10.2 Å². The summed E-state index contributed by atoms with van der Waals surface area (Å²) in [6.07, 6.45) is 0. The van der Waals surface area contributed by atoms with E-state index in [2.05, 4.69) is 5.32 Å². The van der Waals surface area contributed by atoms with Gasteiger partial charge in [-0.15, -0.1) is 0 Å². The van der Waals surface area contributed by atoms with E-state index >= 15 is 0 Å². The van der Waals surface area contributed by atoms with E-state index < -0.39 is 6.04 Å². The third-order valence-corrected chi connectivity index (χ3v) is 4.40. The maximum Gasteiger partial charge on any atom is 0.244 e. The smallest absolute Gasteiger partial charge is 0.244 e. The summed E-state index contributed by atoms with van der Waals surface area (Å²) in [4.78, 5) is 28.2. The number of carbonyl (C=O) groups excluding carboxylic acids is 2. The van der Waals surface area contributed by atoms with Crippen LogP contribution in [0.3, 0.4) is 0 Å². The van der Waals surface area contributed by atoms with Gasteiger partial charge >= 0.3 is 0 Å². The molecule has 6 heteroatoms. The molecule has 0 aliphatic carbocycles. The Kier molecular flexibility index (Phi) is 4.81. The van der Waals surface area contributed by atoms with Crippen molar-refractivity contribution in [1.82, 2.24) is 4.90 Å². The number of nitrogens with zero attached hydrogens (tertiary/aromatic N) is 2. The Morgan fingerprint density at radius 3 is 2.64 bits per heavy atom. The fourth-order valence-electron chi connectivity index (χ4n) is 2.86. The number of carbonyl (C=O) groups is 2. The van der Waals surface area contributed by atoms with Crippen molar-refractivity contribution in [3.8, 4) is 0 Å². The quantitative estimate of drug-likeness (QED) is 0.930. The van der Waals surface area contributed by atoms with Crippen molar-refractivity contribution in [3.63, 3.8) is 0 Å². The molecule has 0 bridgehead atoms. The molecule has 1 heterocycles. The van der Waals surface area contributed by atoms with Gasteiger partial charge in [-0.05, 0) is 43.8 Å². The summed E-state index contributed by atoms with van der Waals surface area (Å²) in [6.45, 7) is 2.32. The molecular formula is C19H20FN3O2. The number of halogens is 1. The van der Waals surface area contributed by atoms with Crippen LogP contribution in [0.5, 0.6) is 0 Å². The summed E-state index contributed by atoms with van der Waals surface area (Å²) in [5, 5.41) is 2.78. The molecule has 0 saturated carbocycles. The molecule has 1 aliphatic rings. The van der Waals surface area contributed by atoms with Crippen molar-refractivity contribution in [2.45, 2.75) is 19.5 Å². The maximum absolute atomic E-state index is 13.0. The van der Waals surface area contributed by atoms with Crippen molar-refractivity contribution >= 4 is 23.2 Å². The minimum absolute atomic E-state index is 0.00454. The molecule has 1 unspecified atom stereocenters. The van der Waals surface area contributed by atoms with Crippen LogP contribution in [0.15, 0.2) is 48.5 Å². The normalized spacial score (nSPS) is 14.9. The highest BCUT2D eigenvalue weighted by Crippen LogP contribution is 2.29. The highest BCUT2D eigenvalue weighted by atomic mass is 19.1. The molecule has 5 nitrogen and oxygen atoms in total. The molecule has 1 N–H and O–H groups in total. The Balaban J connectivity index is 1.75. The number of hydrogen-bond donors (Lipinski definition) is 1.